The molecule has 1 aliphatic rings. The quantitative estimate of drug-likeness (QED) is 0.398. The van der Waals surface area contributed by atoms with Crippen LogP contribution in [0.4, 0.5) is 5.69 Å². The molecule has 0 bridgehead atoms. The van der Waals surface area contributed by atoms with Crippen LogP contribution < -0.4 is 5.32 Å². The summed E-state index contributed by atoms with van der Waals surface area (Å²) in [5.41, 5.74) is 3.58. The molecule has 0 saturated carbocycles. The zero-order valence-electron chi connectivity index (χ0n) is 18.8. The number of carbonyl (C=O) groups is 2. The van der Waals surface area contributed by atoms with Gasteiger partial charge >= 0.3 is 0 Å². The first kappa shape index (κ1) is 22.2. The van der Waals surface area contributed by atoms with Gasteiger partial charge in [-0.1, -0.05) is 60.1 Å². The minimum absolute atomic E-state index is 0.00656. The van der Waals surface area contributed by atoms with E-state index in [0.717, 1.165) is 22.2 Å². The molecule has 0 spiro atoms. The second kappa shape index (κ2) is 9.74. The molecule has 5 nitrogen and oxygen atoms in total. The van der Waals surface area contributed by atoms with E-state index in [4.69, 9.17) is 11.6 Å². The van der Waals surface area contributed by atoms with Gasteiger partial charge in [0.1, 0.15) is 5.69 Å². The summed E-state index contributed by atoms with van der Waals surface area (Å²) in [5.74, 6) is -0.0635. The van der Waals surface area contributed by atoms with Gasteiger partial charge in [0.15, 0.2) is 0 Å². The molecule has 5 rings (SSSR count). The zero-order valence-corrected chi connectivity index (χ0v) is 19.5. The van der Waals surface area contributed by atoms with Crippen molar-refractivity contribution in [2.24, 2.45) is 5.92 Å². The van der Waals surface area contributed by atoms with Crippen LogP contribution in [-0.4, -0.2) is 34.4 Å². The number of fused-ring (bicyclic) bond motifs is 1. The number of nitrogens with one attached hydrogen (secondary N) is 1. The predicted molar refractivity (Wildman–Crippen MR) is 136 cm³/mol. The average molecular weight is 472 g/mol. The molecule has 1 fully saturated rings. The first-order valence-corrected chi connectivity index (χ1v) is 11.9. The van der Waals surface area contributed by atoms with Crippen LogP contribution in [-0.2, 0) is 11.3 Å². The van der Waals surface area contributed by atoms with Gasteiger partial charge in [0, 0.05) is 47.2 Å². The number of aromatic nitrogens is 1. The van der Waals surface area contributed by atoms with Gasteiger partial charge < -0.3 is 14.8 Å². The lowest BCUT2D eigenvalue weighted by Crippen LogP contribution is -2.42. The first-order chi connectivity index (χ1) is 16.6. The molecule has 0 radical (unpaired) electrons. The van der Waals surface area contributed by atoms with Crippen LogP contribution in [0.2, 0.25) is 5.02 Å². The standard InChI is InChI=1S/C28H26ClN3O2/c29-23-12-10-20(11-13-23)19-32-25-9-5-4-6-22(25)18-26(32)28(34)31-16-14-21(15-17-31)27(33)30-24-7-2-1-3-8-24/h1-13,18,21H,14-17,19H2,(H,30,33). The van der Waals surface area contributed by atoms with Gasteiger partial charge in [-0.25, -0.2) is 0 Å². The number of hydrogen-bond acceptors (Lipinski definition) is 2. The molecule has 1 N–H and O–H groups in total. The van der Waals surface area contributed by atoms with Crippen molar-refractivity contribution >= 4 is 40.0 Å². The number of likely N-dealkylation sites (tertiary alicyclic amines) is 1. The van der Waals surface area contributed by atoms with E-state index in [1.807, 2.05) is 89.8 Å². The highest BCUT2D eigenvalue weighted by atomic mass is 35.5. The molecule has 172 valence electrons. The van der Waals surface area contributed by atoms with Gasteiger partial charge in [-0.15, -0.1) is 0 Å². The van der Waals surface area contributed by atoms with E-state index in [2.05, 4.69) is 9.88 Å². The number of nitrogens with zero attached hydrogens (tertiary/aromatic N) is 2. The number of para-hydroxylation sites is 2. The van der Waals surface area contributed by atoms with E-state index >= 15 is 0 Å². The van der Waals surface area contributed by atoms with Crippen LogP contribution in [0, 0.1) is 5.92 Å². The third kappa shape index (κ3) is 4.70. The summed E-state index contributed by atoms with van der Waals surface area (Å²) >= 11 is 6.06. The molecule has 4 aromatic rings. The predicted octanol–water partition coefficient (Wildman–Crippen LogP) is 5.83. The lowest BCUT2D eigenvalue weighted by atomic mass is 9.95. The first-order valence-electron chi connectivity index (χ1n) is 11.6. The Morgan fingerprint density at radius 2 is 1.56 bits per heavy atom. The van der Waals surface area contributed by atoms with E-state index < -0.39 is 0 Å². The molecule has 6 heteroatoms. The van der Waals surface area contributed by atoms with Crippen LogP contribution >= 0.6 is 11.6 Å². The molecule has 0 atom stereocenters. The molecular formula is C28H26ClN3O2. The van der Waals surface area contributed by atoms with Crippen molar-refractivity contribution in [3.05, 3.63) is 101 Å². The number of anilines is 1. The second-order valence-corrected chi connectivity index (χ2v) is 9.16. The maximum Gasteiger partial charge on any atom is 0.270 e. The SMILES string of the molecule is O=C(Nc1ccccc1)C1CCN(C(=O)c2cc3ccccc3n2Cc2ccc(Cl)cc2)CC1. The summed E-state index contributed by atoms with van der Waals surface area (Å²) in [7, 11) is 0. The van der Waals surface area contributed by atoms with Gasteiger partial charge in [-0.05, 0) is 54.8 Å². The summed E-state index contributed by atoms with van der Waals surface area (Å²) in [6.45, 7) is 1.71. The Hall–Kier alpha value is -3.57. The van der Waals surface area contributed by atoms with Crippen molar-refractivity contribution in [1.29, 1.82) is 0 Å². The lowest BCUT2D eigenvalue weighted by Gasteiger charge is -2.31. The summed E-state index contributed by atoms with van der Waals surface area (Å²) in [6, 6.07) is 27.2. The van der Waals surface area contributed by atoms with Gasteiger partial charge in [0.25, 0.3) is 5.91 Å². The Balaban J connectivity index is 1.32. The minimum atomic E-state index is -0.0934. The maximum atomic E-state index is 13.6. The smallest absolute Gasteiger partial charge is 0.270 e. The van der Waals surface area contributed by atoms with Crippen LogP contribution in [0.3, 0.4) is 0 Å². The van der Waals surface area contributed by atoms with Crippen LogP contribution in [0.5, 0.6) is 0 Å². The highest BCUT2D eigenvalue weighted by molar-refractivity contribution is 6.30. The van der Waals surface area contributed by atoms with Crippen LogP contribution in [0.1, 0.15) is 28.9 Å². The number of carbonyl (C=O) groups excluding carboxylic acids is 2. The number of rotatable bonds is 5. The monoisotopic (exact) mass is 471 g/mol. The Morgan fingerprint density at radius 1 is 0.882 bits per heavy atom. The molecular weight excluding hydrogens is 446 g/mol. The van der Waals surface area contributed by atoms with Gasteiger partial charge in [-0.2, -0.15) is 0 Å². The Labute approximate surface area is 203 Å². The van der Waals surface area contributed by atoms with E-state index in [-0.39, 0.29) is 17.7 Å². The van der Waals surface area contributed by atoms with Crippen molar-refractivity contribution in [1.82, 2.24) is 9.47 Å². The minimum Gasteiger partial charge on any atom is -0.337 e. The molecule has 2 amide bonds. The maximum absolute atomic E-state index is 13.6. The fourth-order valence-electron chi connectivity index (χ4n) is 4.60. The number of piperidine rings is 1. The topological polar surface area (TPSA) is 54.3 Å². The van der Waals surface area contributed by atoms with Crippen LogP contribution in [0.15, 0.2) is 84.9 Å². The largest absolute Gasteiger partial charge is 0.337 e. The van der Waals surface area contributed by atoms with Crippen molar-refractivity contribution in [2.75, 3.05) is 18.4 Å². The highest BCUT2D eigenvalue weighted by Crippen LogP contribution is 2.26. The van der Waals surface area contributed by atoms with Crippen molar-refractivity contribution in [2.45, 2.75) is 19.4 Å². The third-order valence-electron chi connectivity index (χ3n) is 6.48. The van der Waals surface area contributed by atoms with Crippen molar-refractivity contribution < 1.29 is 9.59 Å². The zero-order chi connectivity index (χ0) is 23.5. The number of amides is 2. The summed E-state index contributed by atoms with van der Waals surface area (Å²) in [4.78, 5) is 28.1. The molecule has 0 unspecified atom stereocenters. The molecule has 0 aliphatic carbocycles. The Kier molecular flexibility index (Phi) is 6.37. The molecule has 34 heavy (non-hydrogen) atoms. The van der Waals surface area contributed by atoms with Crippen LogP contribution in [0.25, 0.3) is 10.9 Å². The summed E-state index contributed by atoms with van der Waals surface area (Å²) in [6.07, 6.45) is 1.31. The van der Waals surface area contributed by atoms with Crippen molar-refractivity contribution in [3.8, 4) is 0 Å². The van der Waals surface area contributed by atoms with Gasteiger partial charge in [0.2, 0.25) is 5.91 Å². The fourth-order valence-corrected chi connectivity index (χ4v) is 4.73. The molecule has 1 saturated heterocycles. The highest BCUT2D eigenvalue weighted by Gasteiger charge is 2.29. The normalized spacial score (nSPS) is 14.3. The fraction of sp³-hybridized carbons (Fsp3) is 0.214. The van der Waals surface area contributed by atoms with Gasteiger partial charge in [0.05, 0.1) is 0 Å². The molecule has 3 aromatic carbocycles. The van der Waals surface area contributed by atoms with E-state index in [1.165, 1.54) is 0 Å². The number of halogens is 1. The van der Waals surface area contributed by atoms with Gasteiger partial charge in [-0.3, -0.25) is 9.59 Å². The molecule has 2 heterocycles. The number of benzene rings is 3. The summed E-state index contributed by atoms with van der Waals surface area (Å²) in [5, 5.41) is 4.72. The Morgan fingerprint density at radius 3 is 2.29 bits per heavy atom. The summed E-state index contributed by atoms with van der Waals surface area (Å²) < 4.78 is 2.08. The second-order valence-electron chi connectivity index (χ2n) is 8.72. The average Bonchev–Trinajstić information content (AvgIpc) is 3.24. The third-order valence-corrected chi connectivity index (χ3v) is 6.73. The van der Waals surface area contributed by atoms with E-state index in [9.17, 15) is 9.59 Å². The molecule has 1 aliphatic heterocycles. The van der Waals surface area contributed by atoms with E-state index in [1.54, 1.807) is 0 Å². The van der Waals surface area contributed by atoms with E-state index in [0.29, 0.717) is 43.2 Å². The number of hydrogen-bond donors (Lipinski definition) is 1. The Bertz CT molecular complexity index is 1310. The van der Waals surface area contributed by atoms with Crippen molar-refractivity contribution in [3.63, 3.8) is 0 Å². The lowest BCUT2D eigenvalue weighted by molar-refractivity contribution is -0.121. The molecule has 1 aromatic heterocycles.